The van der Waals surface area contributed by atoms with Gasteiger partial charge in [0.05, 0.1) is 7.11 Å². The van der Waals surface area contributed by atoms with Crippen molar-refractivity contribution in [2.24, 2.45) is 0 Å². The van der Waals surface area contributed by atoms with E-state index in [1.807, 2.05) is 48.5 Å². The van der Waals surface area contributed by atoms with Gasteiger partial charge in [-0.15, -0.1) is 0 Å². The Bertz CT molecular complexity index is 651. The molecule has 2 nitrogen and oxygen atoms in total. The molecule has 0 saturated heterocycles. The van der Waals surface area contributed by atoms with Crippen LogP contribution in [0.2, 0.25) is 0 Å². The van der Waals surface area contributed by atoms with Crippen LogP contribution in [0.1, 0.15) is 21.5 Å². The van der Waals surface area contributed by atoms with E-state index in [2.05, 4.69) is 15.9 Å². The Kier molecular flexibility index (Phi) is 2.94. The average Bonchev–Trinajstić information content (AvgIpc) is 2.72. The quantitative estimate of drug-likeness (QED) is 0.789. The highest BCUT2D eigenvalue weighted by Gasteiger charge is 2.46. The van der Waals surface area contributed by atoms with Crippen LogP contribution >= 0.6 is 15.9 Å². The van der Waals surface area contributed by atoms with Crippen molar-refractivity contribution >= 4 is 21.7 Å². The number of fused-ring (bicyclic) bond motifs is 1. The molecule has 2 aromatic rings. The molecule has 1 aliphatic carbocycles. The maximum atomic E-state index is 12.7. The van der Waals surface area contributed by atoms with Gasteiger partial charge in [-0.05, 0) is 11.6 Å². The van der Waals surface area contributed by atoms with Gasteiger partial charge < -0.3 is 4.74 Å². The van der Waals surface area contributed by atoms with E-state index < -0.39 is 4.32 Å². The van der Waals surface area contributed by atoms with E-state index in [-0.39, 0.29) is 5.78 Å². The lowest BCUT2D eigenvalue weighted by Gasteiger charge is -2.22. The number of carbonyl (C=O) groups excluding carboxylic acids is 1. The average molecular weight is 317 g/mol. The number of hydrogen-bond donors (Lipinski definition) is 0. The van der Waals surface area contributed by atoms with Crippen LogP contribution in [0, 0.1) is 0 Å². The number of ether oxygens (including phenoxy) is 1. The van der Waals surface area contributed by atoms with Crippen LogP contribution in [0.3, 0.4) is 0 Å². The molecule has 0 radical (unpaired) electrons. The van der Waals surface area contributed by atoms with E-state index in [0.717, 1.165) is 22.4 Å². The fraction of sp³-hybridized carbons (Fsp3) is 0.188. The molecule has 0 bridgehead atoms. The lowest BCUT2D eigenvalue weighted by Crippen LogP contribution is -2.26. The van der Waals surface area contributed by atoms with Gasteiger partial charge in [0.15, 0.2) is 5.78 Å². The van der Waals surface area contributed by atoms with Gasteiger partial charge in [0.25, 0.3) is 0 Å². The first-order valence-corrected chi connectivity index (χ1v) is 6.91. The maximum Gasteiger partial charge on any atom is 0.184 e. The van der Waals surface area contributed by atoms with Crippen molar-refractivity contribution < 1.29 is 9.53 Å². The number of para-hydroxylation sites is 1. The minimum atomic E-state index is -0.705. The number of hydrogen-bond acceptors (Lipinski definition) is 2. The Morgan fingerprint density at radius 2 is 1.79 bits per heavy atom. The zero-order valence-electron chi connectivity index (χ0n) is 10.5. The lowest BCUT2D eigenvalue weighted by atomic mass is 9.94. The molecular formula is C16H13BrO2. The highest BCUT2D eigenvalue weighted by molar-refractivity contribution is 9.10. The number of rotatable bonds is 2. The Hall–Kier alpha value is -1.61. The molecule has 0 spiro atoms. The van der Waals surface area contributed by atoms with Crippen molar-refractivity contribution in [3.63, 3.8) is 0 Å². The second-order valence-corrected chi connectivity index (χ2v) is 6.02. The standard InChI is InChI=1S/C16H13BrO2/c1-19-14-9-5-4-8-13(14)16(17)10-11-6-2-3-7-12(11)15(16)18/h2-9H,10H2,1H3. The molecule has 0 N–H and O–H groups in total. The van der Waals surface area contributed by atoms with Crippen molar-refractivity contribution in [1.29, 1.82) is 0 Å². The van der Waals surface area contributed by atoms with Gasteiger partial charge in [0, 0.05) is 17.5 Å². The highest BCUT2D eigenvalue weighted by Crippen LogP contribution is 2.47. The summed E-state index contributed by atoms with van der Waals surface area (Å²) >= 11 is 3.66. The first-order valence-electron chi connectivity index (χ1n) is 6.12. The van der Waals surface area contributed by atoms with Crippen LogP contribution in [-0.2, 0) is 10.7 Å². The van der Waals surface area contributed by atoms with Gasteiger partial charge in [-0.1, -0.05) is 58.4 Å². The molecule has 0 heterocycles. The van der Waals surface area contributed by atoms with Crippen molar-refractivity contribution in [3.05, 3.63) is 65.2 Å². The van der Waals surface area contributed by atoms with Crippen LogP contribution in [-0.4, -0.2) is 12.9 Å². The monoisotopic (exact) mass is 316 g/mol. The highest BCUT2D eigenvalue weighted by atomic mass is 79.9. The van der Waals surface area contributed by atoms with E-state index in [1.165, 1.54) is 0 Å². The molecule has 1 atom stereocenters. The number of ketones is 1. The Morgan fingerprint density at radius 1 is 1.11 bits per heavy atom. The number of carbonyl (C=O) groups is 1. The fourth-order valence-electron chi connectivity index (χ4n) is 2.64. The van der Waals surface area contributed by atoms with Crippen molar-refractivity contribution in [2.45, 2.75) is 10.7 Å². The van der Waals surface area contributed by atoms with E-state index >= 15 is 0 Å². The summed E-state index contributed by atoms with van der Waals surface area (Å²) < 4.78 is 4.68. The number of Topliss-reactive ketones (excluding diaryl/α,β-unsaturated/α-hetero) is 1. The SMILES string of the molecule is COc1ccccc1C1(Br)Cc2ccccc2C1=O. The summed E-state index contributed by atoms with van der Waals surface area (Å²) in [5.74, 6) is 0.841. The topological polar surface area (TPSA) is 26.3 Å². The Morgan fingerprint density at radius 3 is 2.53 bits per heavy atom. The van der Waals surface area contributed by atoms with Crippen LogP contribution in [0.4, 0.5) is 0 Å². The largest absolute Gasteiger partial charge is 0.496 e. The third kappa shape index (κ3) is 1.80. The molecule has 2 aromatic carbocycles. The summed E-state index contributed by atoms with van der Waals surface area (Å²) in [6, 6.07) is 15.4. The normalized spacial score (nSPS) is 21.3. The van der Waals surface area contributed by atoms with Crippen LogP contribution in [0.25, 0.3) is 0 Å². The summed E-state index contributed by atoms with van der Waals surface area (Å²) in [4.78, 5) is 12.7. The lowest BCUT2D eigenvalue weighted by molar-refractivity contribution is 0.0958. The number of methoxy groups -OCH3 is 1. The van der Waals surface area contributed by atoms with E-state index in [9.17, 15) is 4.79 Å². The second-order valence-electron chi connectivity index (χ2n) is 4.66. The van der Waals surface area contributed by atoms with Gasteiger partial charge in [0.2, 0.25) is 0 Å². The molecule has 0 saturated carbocycles. The number of alkyl halides is 1. The van der Waals surface area contributed by atoms with Crippen LogP contribution in [0.5, 0.6) is 5.75 Å². The van der Waals surface area contributed by atoms with Gasteiger partial charge in [-0.2, -0.15) is 0 Å². The van der Waals surface area contributed by atoms with Crippen molar-refractivity contribution in [2.75, 3.05) is 7.11 Å². The summed E-state index contributed by atoms with van der Waals surface area (Å²) in [7, 11) is 1.63. The second kappa shape index (κ2) is 4.49. The molecule has 0 aliphatic heterocycles. The zero-order valence-corrected chi connectivity index (χ0v) is 12.1. The van der Waals surface area contributed by atoms with Crippen molar-refractivity contribution in [3.8, 4) is 5.75 Å². The predicted molar refractivity (Wildman–Crippen MR) is 78.1 cm³/mol. The molecular weight excluding hydrogens is 304 g/mol. The third-order valence-corrected chi connectivity index (χ3v) is 4.66. The third-order valence-electron chi connectivity index (χ3n) is 3.59. The molecule has 0 fully saturated rings. The Labute approximate surface area is 120 Å². The maximum absolute atomic E-state index is 12.7. The summed E-state index contributed by atoms with van der Waals surface area (Å²) in [5.41, 5.74) is 2.76. The van der Waals surface area contributed by atoms with Crippen LogP contribution in [0.15, 0.2) is 48.5 Å². The molecule has 1 unspecified atom stereocenters. The fourth-order valence-corrected chi connectivity index (χ4v) is 3.48. The molecule has 0 aromatic heterocycles. The molecule has 1 aliphatic rings. The predicted octanol–water partition coefficient (Wildman–Crippen LogP) is 3.72. The minimum absolute atomic E-state index is 0.104. The van der Waals surface area contributed by atoms with E-state index in [0.29, 0.717) is 6.42 Å². The summed E-state index contributed by atoms with van der Waals surface area (Å²) in [5, 5.41) is 0. The summed E-state index contributed by atoms with van der Waals surface area (Å²) in [6.45, 7) is 0. The zero-order chi connectivity index (χ0) is 13.5. The van der Waals surface area contributed by atoms with Crippen molar-refractivity contribution in [1.82, 2.24) is 0 Å². The van der Waals surface area contributed by atoms with E-state index in [4.69, 9.17) is 4.74 Å². The number of halogens is 1. The first kappa shape index (κ1) is 12.4. The number of benzene rings is 2. The molecule has 19 heavy (non-hydrogen) atoms. The first-order chi connectivity index (χ1) is 9.16. The van der Waals surface area contributed by atoms with Gasteiger partial charge >= 0.3 is 0 Å². The molecule has 0 amide bonds. The Balaban J connectivity index is 2.14. The van der Waals surface area contributed by atoms with Gasteiger partial charge in [-0.3, -0.25) is 4.79 Å². The molecule has 96 valence electrons. The van der Waals surface area contributed by atoms with Crippen LogP contribution < -0.4 is 4.74 Å². The molecule has 3 heteroatoms. The molecule has 3 rings (SSSR count). The van der Waals surface area contributed by atoms with Gasteiger partial charge in [0.1, 0.15) is 10.1 Å². The smallest absolute Gasteiger partial charge is 0.184 e. The summed E-state index contributed by atoms with van der Waals surface area (Å²) in [6.07, 6.45) is 0.655. The van der Waals surface area contributed by atoms with E-state index in [1.54, 1.807) is 7.11 Å². The minimum Gasteiger partial charge on any atom is -0.496 e. The van der Waals surface area contributed by atoms with Gasteiger partial charge in [-0.25, -0.2) is 0 Å².